The fraction of sp³-hybridized carbons (Fsp3) is 0.500. The lowest BCUT2D eigenvalue weighted by atomic mass is 9.97. The first-order valence-electron chi connectivity index (χ1n) is 7.46. The summed E-state index contributed by atoms with van der Waals surface area (Å²) in [7, 11) is 0. The van der Waals surface area contributed by atoms with Crippen molar-refractivity contribution in [2.45, 2.75) is 38.5 Å². The Morgan fingerprint density at radius 1 is 1.30 bits per heavy atom. The van der Waals surface area contributed by atoms with Crippen molar-refractivity contribution in [2.24, 2.45) is 10.7 Å². The molecule has 1 aromatic heterocycles. The van der Waals surface area contributed by atoms with Crippen LogP contribution in [0.4, 0.5) is 0 Å². The Morgan fingerprint density at radius 2 is 2.25 bits per heavy atom. The zero-order valence-electron chi connectivity index (χ0n) is 12.0. The van der Waals surface area contributed by atoms with E-state index in [4.69, 9.17) is 5.73 Å². The molecule has 0 unspecified atom stereocenters. The number of rotatable bonds is 6. The number of guanidine groups is 1. The Morgan fingerprint density at radius 3 is 3.00 bits per heavy atom. The van der Waals surface area contributed by atoms with Gasteiger partial charge in [0.05, 0.1) is 0 Å². The Kier molecular flexibility index (Phi) is 6.08. The van der Waals surface area contributed by atoms with Crippen molar-refractivity contribution in [2.75, 3.05) is 13.1 Å². The Hall–Kier alpha value is -1.84. The third kappa shape index (κ3) is 5.43. The zero-order chi connectivity index (χ0) is 14.0. The summed E-state index contributed by atoms with van der Waals surface area (Å²) in [5.41, 5.74) is 8.46. The van der Waals surface area contributed by atoms with Crippen LogP contribution in [0.5, 0.6) is 0 Å². The van der Waals surface area contributed by atoms with E-state index < -0.39 is 0 Å². The van der Waals surface area contributed by atoms with E-state index in [1.54, 1.807) is 11.8 Å². The van der Waals surface area contributed by atoms with E-state index in [2.05, 4.69) is 21.4 Å². The first-order chi connectivity index (χ1) is 9.84. The predicted molar refractivity (Wildman–Crippen MR) is 83.6 cm³/mol. The molecule has 20 heavy (non-hydrogen) atoms. The predicted octanol–water partition coefficient (Wildman–Crippen LogP) is 2.42. The van der Waals surface area contributed by atoms with Gasteiger partial charge in [-0.05, 0) is 44.2 Å². The summed E-state index contributed by atoms with van der Waals surface area (Å²) in [4.78, 5) is 8.59. The quantitative estimate of drug-likeness (QED) is 0.475. The van der Waals surface area contributed by atoms with E-state index in [0.29, 0.717) is 12.5 Å². The van der Waals surface area contributed by atoms with Crippen molar-refractivity contribution < 1.29 is 0 Å². The summed E-state index contributed by atoms with van der Waals surface area (Å²) in [5, 5.41) is 3.18. The molecule has 0 spiro atoms. The van der Waals surface area contributed by atoms with Crippen LogP contribution in [0.25, 0.3) is 0 Å². The number of nitrogens with one attached hydrogen (secondary N) is 1. The number of nitrogens with zero attached hydrogens (tertiary/aromatic N) is 2. The van der Waals surface area contributed by atoms with Crippen molar-refractivity contribution >= 4 is 5.96 Å². The van der Waals surface area contributed by atoms with Gasteiger partial charge in [0.15, 0.2) is 5.96 Å². The summed E-state index contributed by atoms with van der Waals surface area (Å²) >= 11 is 0. The van der Waals surface area contributed by atoms with Gasteiger partial charge in [-0.25, -0.2) is 0 Å². The van der Waals surface area contributed by atoms with Gasteiger partial charge in [-0.1, -0.05) is 17.7 Å². The van der Waals surface area contributed by atoms with Gasteiger partial charge in [-0.3, -0.25) is 9.98 Å². The molecule has 0 amide bonds. The Bertz CT molecular complexity index is 451. The molecule has 4 heteroatoms. The molecule has 3 N–H and O–H groups in total. The lowest BCUT2D eigenvalue weighted by molar-refractivity contribution is 0.668. The number of nitrogens with two attached hydrogens (primary N) is 1. The minimum atomic E-state index is 0.539. The van der Waals surface area contributed by atoms with Crippen LogP contribution in [0.15, 0.2) is 41.0 Å². The van der Waals surface area contributed by atoms with Crippen LogP contribution >= 0.6 is 0 Å². The molecular formula is C16H24N4. The van der Waals surface area contributed by atoms with Crippen molar-refractivity contribution in [1.29, 1.82) is 0 Å². The molecule has 2 rings (SSSR count). The molecule has 0 fully saturated rings. The number of hydrogen-bond donors (Lipinski definition) is 2. The van der Waals surface area contributed by atoms with Crippen LogP contribution in [0.1, 0.15) is 37.8 Å². The highest BCUT2D eigenvalue weighted by Gasteiger charge is 2.03. The van der Waals surface area contributed by atoms with Gasteiger partial charge in [-0.15, -0.1) is 0 Å². The molecule has 0 saturated heterocycles. The van der Waals surface area contributed by atoms with Crippen LogP contribution in [-0.2, 0) is 6.42 Å². The van der Waals surface area contributed by atoms with Crippen LogP contribution in [0.2, 0.25) is 0 Å². The largest absolute Gasteiger partial charge is 0.370 e. The highest BCUT2D eigenvalue weighted by molar-refractivity contribution is 5.77. The van der Waals surface area contributed by atoms with Gasteiger partial charge >= 0.3 is 0 Å². The molecule has 0 bridgehead atoms. The maximum absolute atomic E-state index is 5.85. The third-order valence-electron chi connectivity index (χ3n) is 3.51. The summed E-state index contributed by atoms with van der Waals surface area (Å²) in [6.45, 7) is 1.56. The normalized spacial score (nSPS) is 15.8. The summed E-state index contributed by atoms with van der Waals surface area (Å²) < 4.78 is 0. The monoisotopic (exact) mass is 272 g/mol. The van der Waals surface area contributed by atoms with E-state index in [9.17, 15) is 0 Å². The van der Waals surface area contributed by atoms with Crippen molar-refractivity contribution in [1.82, 2.24) is 10.3 Å². The molecule has 1 aliphatic carbocycles. The van der Waals surface area contributed by atoms with E-state index in [1.165, 1.54) is 25.7 Å². The van der Waals surface area contributed by atoms with Crippen LogP contribution < -0.4 is 11.1 Å². The van der Waals surface area contributed by atoms with E-state index in [-0.39, 0.29) is 0 Å². The van der Waals surface area contributed by atoms with Gasteiger partial charge in [0, 0.05) is 31.4 Å². The number of pyridine rings is 1. The maximum Gasteiger partial charge on any atom is 0.188 e. The van der Waals surface area contributed by atoms with Crippen molar-refractivity contribution in [3.8, 4) is 0 Å². The zero-order valence-corrected chi connectivity index (χ0v) is 12.0. The molecule has 4 nitrogen and oxygen atoms in total. The molecule has 0 aliphatic heterocycles. The fourth-order valence-corrected chi connectivity index (χ4v) is 2.38. The lowest BCUT2D eigenvalue weighted by Gasteiger charge is -2.13. The standard InChI is InChI=1S/C16H24N4/c17-16(19-12-9-14-6-2-1-3-7-14)20-13-10-15-8-4-5-11-18-15/h4-6,8,11H,1-3,7,9-10,12-13H2,(H3,17,19,20). The van der Waals surface area contributed by atoms with Gasteiger partial charge in [0.25, 0.3) is 0 Å². The SMILES string of the molecule is NC(=NCCc1ccccn1)NCCC1=CCCCC1. The van der Waals surface area contributed by atoms with Gasteiger partial charge < -0.3 is 11.1 Å². The maximum atomic E-state index is 5.85. The first-order valence-corrected chi connectivity index (χ1v) is 7.46. The smallest absolute Gasteiger partial charge is 0.188 e. The molecular weight excluding hydrogens is 248 g/mol. The molecule has 1 aliphatic rings. The molecule has 1 aromatic rings. The van der Waals surface area contributed by atoms with Crippen LogP contribution in [-0.4, -0.2) is 24.0 Å². The number of aromatic nitrogens is 1. The van der Waals surface area contributed by atoms with Crippen molar-refractivity contribution in [3.63, 3.8) is 0 Å². The second kappa shape index (κ2) is 8.35. The van der Waals surface area contributed by atoms with Crippen LogP contribution in [0.3, 0.4) is 0 Å². The molecule has 0 saturated carbocycles. The molecule has 0 atom stereocenters. The van der Waals surface area contributed by atoms with E-state index in [1.807, 2.05) is 18.2 Å². The number of aliphatic imine (C=N–C) groups is 1. The highest BCUT2D eigenvalue weighted by atomic mass is 15.1. The second-order valence-corrected chi connectivity index (χ2v) is 5.12. The highest BCUT2D eigenvalue weighted by Crippen LogP contribution is 2.19. The van der Waals surface area contributed by atoms with Crippen molar-refractivity contribution in [3.05, 3.63) is 41.7 Å². The number of hydrogen-bond acceptors (Lipinski definition) is 2. The molecule has 0 radical (unpaired) electrons. The summed E-state index contributed by atoms with van der Waals surface area (Å²) in [6, 6.07) is 5.92. The fourth-order valence-electron chi connectivity index (χ4n) is 2.38. The van der Waals surface area contributed by atoms with Gasteiger partial charge in [0.2, 0.25) is 0 Å². The average Bonchev–Trinajstić information content (AvgIpc) is 2.49. The minimum absolute atomic E-state index is 0.539. The average molecular weight is 272 g/mol. The Labute approximate surface area is 121 Å². The molecule has 0 aromatic carbocycles. The summed E-state index contributed by atoms with van der Waals surface area (Å²) in [6.07, 6.45) is 11.2. The topological polar surface area (TPSA) is 63.3 Å². The Balaban J connectivity index is 1.62. The van der Waals surface area contributed by atoms with Gasteiger partial charge in [0.1, 0.15) is 0 Å². The van der Waals surface area contributed by atoms with Gasteiger partial charge in [-0.2, -0.15) is 0 Å². The molecule has 1 heterocycles. The van der Waals surface area contributed by atoms with E-state index in [0.717, 1.165) is 25.1 Å². The third-order valence-corrected chi connectivity index (χ3v) is 3.51. The second-order valence-electron chi connectivity index (χ2n) is 5.12. The molecule has 108 valence electrons. The van der Waals surface area contributed by atoms with E-state index >= 15 is 0 Å². The van der Waals surface area contributed by atoms with Crippen LogP contribution in [0, 0.1) is 0 Å². The summed E-state index contributed by atoms with van der Waals surface area (Å²) in [5.74, 6) is 0.539. The lowest BCUT2D eigenvalue weighted by Crippen LogP contribution is -2.32. The first kappa shape index (κ1) is 14.6. The minimum Gasteiger partial charge on any atom is -0.370 e. The number of allylic oxidation sites excluding steroid dienone is 1.